The van der Waals surface area contributed by atoms with Gasteiger partial charge in [-0.05, 0) is 30.3 Å². The summed E-state index contributed by atoms with van der Waals surface area (Å²) in [5, 5.41) is 17.9. The number of H-pyrrole nitrogens is 1. The first kappa shape index (κ1) is 20.0. The lowest BCUT2D eigenvalue weighted by Crippen LogP contribution is -2.03. The summed E-state index contributed by atoms with van der Waals surface area (Å²) < 4.78 is 11.3. The summed E-state index contributed by atoms with van der Waals surface area (Å²) in [7, 11) is 1.48. The third-order valence-corrected chi connectivity index (χ3v) is 5.14. The molecule has 9 heteroatoms. The Bertz CT molecular complexity index is 1280. The number of fused-ring (bicyclic) bond motifs is 1. The van der Waals surface area contributed by atoms with Crippen LogP contribution in [0.4, 0.5) is 0 Å². The minimum atomic E-state index is -0.179. The second-order valence-electron chi connectivity index (χ2n) is 6.49. The van der Waals surface area contributed by atoms with Gasteiger partial charge in [-0.25, -0.2) is 9.97 Å². The zero-order valence-electron chi connectivity index (χ0n) is 16.0. The quantitative estimate of drug-likeness (QED) is 0.441. The minimum Gasteiger partial charge on any atom is -0.480 e. The van der Waals surface area contributed by atoms with Gasteiger partial charge in [-0.2, -0.15) is 10.4 Å². The number of nitriles is 1. The highest BCUT2D eigenvalue weighted by Gasteiger charge is 2.21. The number of benzene rings is 1. The molecule has 0 spiro atoms. The summed E-state index contributed by atoms with van der Waals surface area (Å²) in [5.41, 5.74) is 2.51. The first-order valence-electron chi connectivity index (χ1n) is 8.92. The van der Waals surface area contributed by atoms with E-state index in [1.165, 1.54) is 7.11 Å². The number of hydrogen-bond acceptors (Lipinski definition) is 6. The Kier molecular flexibility index (Phi) is 5.44. The SMILES string of the molecule is COc1nc(C(C)c2[nH]nc3ncccc23)cc(Oc2cc(Cl)cc(C#N)c2)c1Cl. The fraction of sp³-hybridized carbons (Fsp3) is 0.143. The van der Waals surface area contributed by atoms with Crippen molar-refractivity contribution in [2.45, 2.75) is 12.8 Å². The molecule has 0 aliphatic heterocycles. The van der Waals surface area contributed by atoms with Crippen molar-refractivity contribution in [2.24, 2.45) is 0 Å². The second-order valence-corrected chi connectivity index (χ2v) is 7.31. The first-order valence-corrected chi connectivity index (χ1v) is 9.67. The Labute approximate surface area is 182 Å². The summed E-state index contributed by atoms with van der Waals surface area (Å²) in [4.78, 5) is 8.78. The highest BCUT2D eigenvalue weighted by Crippen LogP contribution is 2.39. The number of halogens is 2. The Morgan fingerprint density at radius 3 is 2.80 bits per heavy atom. The van der Waals surface area contributed by atoms with Crippen LogP contribution in [0, 0.1) is 11.3 Å². The van der Waals surface area contributed by atoms with E-state index in [2.05, 4.69) is 20.2 Å². The lowest BCUT2D eigenvalue weighted by molar-refractivity contribution is 0.390. The maximum atomic E-state index is 9.16. The lowest BCUT2D eigenvalue weighted by atomic mass is 10.0. The molecule has 0 saturated heterocycles. The van der Waals surface area contributed by atoms with Crippen molar-refractivity contribution in [2.75, 3.05) is 7.11 Å². The van der Waals surface area contributed by atoms with Crippen LogP contribution < -0.4 is 9.47 Å². The van der Waals surface area contributed by atoms with E-state index >= 15 is 0 Å². The van der Waals surface area contributed by atoms with Gasteiger partial charge < -0.3 is 9.47 Å². The third kappa shape index (κ3) is 3.75. The van der Waals surface area contributed by atoms with Crippen molar-refractivity contribution in [3.05, 3.63) is 69.6 Å². The van der Waals surface area contributed by atoms with E-state index in [0.29, 0.717) is 33.4 Å². The normalized spacial score (nSPS) is 11.8. The van der Waals surface area contributed by atoms with Gasteiger partial charge in [0.1, 0.15) is 10.8 Å². The van der Waals surface area contributed by atoms with Crippen LogP contribution in [0.5, 0.6) is 17.4 Å². The van der Waals surface area contributed by atoms with Gasteiger partial charge in [-0.1, -0.05) is 30.1 Å². The second kappa shape index (κ2) is 8.19. The van der Waals surface area contributed by atoms with Crippen LogP contribution in [0.2, 0.25) is 10.0 Å². The molecule has 1 atom stereocenters. The Morgan fingerprint density at radius 1 is 1.20 bits per heavy atom. The maximum Gasteiger partial charge on any atom is 0.236 e. The Morgan fingerprint density at radius 2 is 2.03 bits per heavy atom. The molecular formula is C21H15Cl2N5O2. The van der Waals surface area contributed by atoms with E-state index in [4.69, 9.17) is 37.9 Å². The predicted molar refractivity (Wildman–Crippen MR) is 113 cm³/mol. The number of aromatic amines is 1. The van der Waals surface area contributed by atoms with Crippen molar-refractivity contribution >= 4 is 34.2 Å². The van der Waals surface area contributed by atoms with Crippen LogP contribution in [0.3, 0.4) is 0 Å². The Hall–Kier alpha value is -3.34. The molecule has 7 nitrogen and oxygen atoms in total. The topological polar surface area (TPSA) is 96.7 Å². The van der Waals surface area contributed by atoms with Crippen molar-refractivity contribution in [3.63, 3.8) is 0 Å². The number of pyridine rings is 2. The van der Waals surface area contributed by atoms with E-state index in [0.717, 1.165) is 11.1 Å². The first-order chi connectivity index (χ1) is 14.5. The van der Waals surface area contributed by atoms with E-state index in [-0.39, 0.29) is 16.8 Å². The van der Waals surface area contributed by atoms with Gasteiger partial charge in [-0.15, -0.1) is 0 Å². The van der Waals surface area contributed by atoms with Crippen LogP contribution in [0.15, 0.2) is 42.6 Å². The summed E-state index contributed by atoms with van der Waals surface area (Å²) in [6.45, 7) is 1.98. The number of nitrogens with one attached hydrogen (secondary N) is 1. The molecule has 0 fully saturated rings. The predicted octanol–water partition coefficient (Wildman–Crippen LogP) is 5.48. The molecule has 0 aliphatic carbocycles. The van der Waals surface area contributed by atoms with Crippen molar-refractivity contribution < 1.29 is 9.47 Å². The molecule has 0 aliphatic rings. The van der Waals surface area contributed by atoms with Crippen LogP contribution >= 0.6 is 23.2 Å². The van der Waals surface area contributed by atoms with Crippen molar-refractivity contribution in [1.82, 2.24) is 20.2 Å². The highest BCUT2D eigenvalue weighted by molar-refractivity contribution is 6.33. The van der Waals surface area contributed by atoms with Gasteiger partial charge in [-0.3, -0.25) is 5.10 Å². The molecule has 0 amide bonds. The van der Waals surface area contributed by atoms with Crippen LogP contribution in [-0.4, -0.2) is 27.3 Å². The largest absolute Gasteiger partial charge is 0.480 e. The smallest absolute Gasteiger partial charge is 0.236 e. The van der Waals surface area contributed by atoms with Gasteiger partial charge in [0.05, 0.1) is 30.1 Å². The van der Waals surface area contributed by atoms with E-state index < -0.39 is 0 Å². The molecule has 0 radical (unpaired) electrons. The molecule has 0 bridgehead atoms. The fourth-order valence-electron chi connectivity index (χ4n) is 3.09. The van der Waals surface area contributed by atoms with Gasteiger partial charge in [0, 0.05) is 28.6 Å². The van der Waals surface area contributed by atoms with Gasteiger partial charge in [0.25, 0.3) is 0 Å². The summed E-state index contributed by atoms with van der Waals surface area (Å²) >= 11 is 12.5. The van der Waals surface area contributed by atoms with Crippen LogP contribution in [0.1, 0.15) is 29.8 Å². The summed E-state index contributed by atoms with van der Waals surface area (Å²) in [6.07, 6.45) is 1.69. The molecular weight excluding hydrogens is 425 g/mol. The van der Waals surface area contributed by atoms with Crippen LogP contribution in [-0.2, 0) is 0 Å². The number of nitrogens with zero attached hydrogens (tertiary/aromatic N) is 4. The highest BCUT2D eigenvalue weighted by atomic mass is 35.5. The number of ether oxygens (including phenoxy) is 2. The zero-order chi connectivity index (χ0) is 21.3. The lowest BCUT2D eigenvalue weighted by Gasteiger charge is -2.16. The zero-order valence-corrected chi connectivity index (χ0v) is 17.5. The van der Waals surface area contributed by atoms with E-state index in [1.807, 2.05) is 25.1 Å². The molecule has 0 saturated carbocycles. The molecule has 150 valence electrons. The average molecular weight is 440 g/mol. The summed E-state index contributed by atoms with van der Waals surface area (Å²) in [6, 6.07) is 12.3. The van der Waals surface area contributed by atoms with Gasteiger partial charge in [0.15, 0.2) is 11.4 Å². The fourth-order valence-corrected chi connectivity index (χ4v) is 3.53. The molecule has 1 N–H and O–H groups in total. The average Bonchev–Trinajstić information content (AvgIpc) is 3.18. The number of aromatic nitrogens is 4. The van der Waals surface area contributed by atoms with E-state index in [1.54, 1.807) is 30.5 Å². The van der Waals surface area contributed by atoms with Gasteiger partial charge in [0.2, 0.25) is 5.88 Å². The molecule has 3 aromatic heterocycles. The van der Waals surface area contributed by atoms with E-state index in [9.17, 15) is 0 Å². The minimum absolute atomic E-state index is 0.179. The molecule has 1 unspecified atom stereocenters. The van der Waals surface area contributed by atoms with Crippen LogP contribution in [0.25, 0.3) is 11.0 Å². The molecule has 4 aromatic rings. The molecule has 4 rings (SSSR count). The number of rotatable bonds is 5. The molecule has 1 aromatic carbocycles. The number of methoxy groups -OCH3 is 1. The molecule has 3 heterocycles. The van der Waals surface area contributed by atoms with Gasteiger partial charge >= 0.3 is 0 Å². The monoisotopic (exact) mass is 439 g/mol. The number of hydrogen-bond donors (Lipinski definition) is 1. The standard InChI is InChI=1S/C21H15Cl2N5O2/c1-11(19-15-4-3-5-25-20(15)28-27-19)16-9-17(18(23)21(26-16)29-2)30-14-7-12(10-24)6-13(22)8-14/h3-9,11H,1-2H3,(H,25,27,28). The molecule has 30 heavy (non-hydrogen) atoms. The van der Waals surface area contributed by atoms with Crippen molar-refractivity contribution in [3.8, 4) is 23.4 Å². The maximum absolute atomic E-state index is 9.16. The Balaban J connectivity index is 1.77. The van der Waals surface area contributed by atoms with Crippen molar-refractivity contribution in [1.29, 1.82) is 5.26 Å². The third-order valence-electron chi connectivity index (χ3n) is 4.57. The summed E-state index contributed by atoms with van der Waals surface area (Å²) in [5.74, 6) is 0.754.